The van der Waals surface area contributed by atoms with Crippen LogP contribution in [0.15, 0.2) is 205 Å². The van der Waals surface area contributed by atoms with Gasteiger partial charge in [-0.05, 0) is 120 Å². The first-order valence-corrected chi connectivity index (χ1v) is 34.7. The Balaban J connectivity index is 0.000000273. The molecule has 2 heterocycles. The average Bonchev–Trinajstić information content (AvgIpc) is 1.69. The molecule has 18 N–H and O–H groups in total. The van der Waals surface area contributed by atoms with Crippen LogP contribution in [0.4, 0.5) is 0 Å². The molecule has 0 saturated heterocycles. The number of ether oxygens (including phenoxy) is 2. The quantitative estimate of drug-likeness (QED) is 0.0167. The molecule has 0 fully saturated rings. The molecule has 9 aromatic rings. The molecule has 0 amide bonds. The van der Waals surface area contributed by atoms with Crippen molar-refractivity contribution >= 4 is 81.6 Å². The van der Waals surface area contributed by atoms with Crippen molar-refractivity contribution in [3.05, 3.63) is 250 Å². The number of thiazole rings is 1. The standard InChI is InChI=1S/C19H21NO3.C12H12N2O4.C12H12N2O3S.2C12H15NO3.C12H15NO2S/c20-17(12-15-9-5-2-6-10-15)18(21)13-16(19(22)23)11-14-7-3-1-4-8-14;2*1-17-8-4-2-7(3-5-8)11-10(12(15)16)14-9(6-13)18-11;13-8-11(14)7-10(12(15)16)6-9-4-2-1-3-5-9;13-10(11(14)6-7-12(15)16)8-9-4-2-1-3-5-9;13-10(11(16)6-7-12(14)15)8-9-4-2-1-3-5-9/h1-10,16-17H,11-13,20H2,(H,22,23);2*2-5H,6,13H2,1H3,(H,15,16);2*1-5,10H,6-8,13H2,(H,15,16);1-5,10H,6-8,13H2,(H,14,15)/t16-,17+;;;3*10-/m1..100/s1. The highest BCUT2D eigenvalue weighted by atomic mass is 32.1. The van der Waals surface area contributed by atoms with E-state index in [4.69, 9.17) is 86.0 Å². The number of nitrogens with zero attached hydrogens (tertiary/aromatic N) is 2. The number of thiocarbonyl (C=S) groups is 1. The minimum absolute atomic E-state index is 0.000722. The van der Waals surface area contributed by atoms with E-state index >= 15 is 0 Å². The highest BCUT2D eigenvalue weighted by Gasteiger charge is 2.26. The van der Waals surface area contributed by atoms with Gasteiger partial charge in [-0.1, -0.05) is 164 Å². The number of oxazole rings is 1. The molecule has 0 aliphatic heterocycles. The lowest BCUT2D eigenvalue weighted by Gasteiger charge is -2.15. The minimum Gasteiger partial charge on any atom is -0.497 e. The molecular formula is C79H90N8O18S2. The summed E-state index contributed by atoms with van der Waals surface area (Å²) in [5.74, 6) is -6.19. The third-order valence-electron chi connectivity index (χ3n) is 15.6. The van der Waals surface area contributed by atoms with E-state index in [1.165, 1.54) is 11.3 Å². The third-order valence-corrected chi connectivity index (χ3v) is 17.2. The van der Waals surface area contributed by atoms with Crippen molar-refractivity contribution in [1.29, 1.82) is 0 Å². The van der Waals surface area contributed by atoms with Gasteiger partial charge in [-0.25, -0.2) is 19.6 Å². The molecule has 7 aromatic carbocycles. The lowest BCUT2D eigenvalue weighted by atomic mass is 9.91. The Hall–Kier alpha value is -11.3. The molecule has 5 atom stereocenters. The summed E-state index contributed by atoms with van der Waals surface area (Å²) in [6.07, 6.45) is 2.49. The van der Waals surface area contributed by atoms with Crippen LogP contribution in [0.25, 0.3) is 21.8 Å². The number of hydrogen-bond donors (Lipinski definition) is 12. The predicted molar refractivity (Wildman–Crippen MR) is 409 cm³/mol. The molecule has 0 unspecified atom stereocenters. The van der Waals surface area contributed by atoms with Gasteiger partial charge >= 0.3 is 35.8 Å². The molecule has 0 aliphatic carbocycles. The summed E-state index contributed by atoms with van der Waals surface area (Å²) >= 11 is 6.40. The van der Waals surface area contributed by atoms with E-state index in [-0.39, 0.29) is 98.2 Å². The number of rotatable bonds is 34. The molecule has 2 aromatic heterocycles. The van der Waals surface area contributed by atoms with Crippen LogP contribution in [-0.4, -0.2) is 138 Å². The first-order chi connectivity index (χ1) is 51.2. The molecule has 566 valence electrons. The molecule has 0 aliphatic rings. The van der Waals surface area contributed by atoms with Crippen molar-refractivity contribution in [2.45, 2.75) is 102 Å². The third kappa shape index (κ3) is 33.1. The van der Waals surface area contributed by atoms with Crippen LogP contribution in [0.3, 0.4) is 0 Å². The SMILES string of the molecule is COc1ccc(-c2oc(CN)nc2C(=O)O)cc1.COc1ccc(-c2sc(CN)nc2C(=O)O)cc1.NCC(=O)C[C@@H](Cc1ccccc1)C(=O)O.N[C@@H](Cc1ccccc1)C(=O)CCC(=O)O.N[C@@H](Cc1ccccc1)C(=O)C[C@@H](Cc1ccccc1)C(=O)O.N[C@@H](Cc1ccccc1)C(=S)CCC(=O)O. The topological polar surface area (TPSA) is 489 Å². The number of aromatic carboxylic acids is 2. The average molecular weight is 1500 g/mol. The van der Waals surface area contributed by atoms with Gasteiger partial charge in [0.05, 0.1) is 62.5 Å². The summed E-state index contributed by atoms with van der Waals surface area (Å²) < 4.78 is 15.4. The van der Waals surface area contributed by atoms with E-state index in [9.17, 15) is 48.3 Å². The molecule has 0 bridgehead atoms. The van der Waals surface area contributed by atoms with Crippen molar-refractivity contribution in [1.82, 2.24) is 9.97 Å². The van der Waals surface area contributed by atoms with E-state index in [1.54, 1.807) is 62.8 Å². The number of carbonyl (C=O) groups is 9. The molecule has 0 spiro atoms. The summed E-state index contributed by atoms with van der Waals surface area (Å²) in [5, 5.41) is 54.1. The second-order valence-electron chi connectivity index (χ2n) is 23.7. The van der Waals surface area contributed by atoms with Crippen LogP contribution >= 0.6 is 23.6 Å². The van der Waals surface area contributed by atoms with Gasteiger partial charge in [0.25, 0.3) is 0 Å². The number of carboxylic acids is 6. The first-order valence-electron chi connectivity index (χ1n) is 33.5. The Kier molecular flexibility index (Phi) is 39.4. The van der Waals surface area contributed by atoms with E-state index in [0.29, 0.717) is 64.6 Å². The van der Waals surface area contributed by atoms with Crippen molar-refractivity contribution in [2.24, 2.45) is 46.2 Å². The van der Waals surface area contributed by atoms with Crippen LogP contribution in [0.5, 0.6) is 11.5 Å². The Morgan fingerprint density at radius 1 is 0.439 bits per heavy atom. The van der Waals surface area contributed by atoms with Crippen LogP contribution < -0.4 is 43.9 Å². The predicted octanol–water partition coefficient (Wildman–Crippen LogP) is 9.57. The van der Waals surface area contributed by atoms with Gasteiger partial charge in [-0.3, -0.25) is 33.6 Å². The molecule has 28 heteroatoms. The number of aromatic nitrogens is 2. The molecule has 107 heavy (non-hydrogen) atoms. The number of aliphatic carboxylic acids is 4. The van der Waals surface area contributed by atoms with E-state index in [2.05, 4.69) is 9.97 Å². The molecular weight excluding hydrogens is 1410 g/mol. The molecule has 0 radical (unpaired) electrons. The van der Waals surface area contributed by atoms with E-state index in [1.807, 2.05) is 152 Å². The van der Waals surface area contributed by atoms with Gasteiger partial charge in [0.15, 0.2) is 22.9 Å². The van der Waals surface area contributed by atoms with Crippen molar-refractivity contribution in [3.63, 3.8) is 0 Å². The summed E-state index contributed by atoms with van der Waals surface area (Å²) in [4.78, 5) is 109. The lowest BCUT2D eigenvalue weighted by Crippen LogP contribution is -2.35. The van der Waals surface area contributed by atoms with Crippen molar-refractivity contribution < 1.29 is 87.7 Å². The highest BCUT2D eigenvalue weighted by Crippen LogP contribution is 2.32. The maximum absolute atomic E-state index is 12.3. The normalized spacial score (nSPS) is 11.7. The number of hydrogen-bond acceptors (Lipinski definition) is 22. The van der Waals surface area contributed by atoms with Crippen LogP contribution in [-0.2, 0) is 78.8 Å². The summed E-state index contributed by atoms with van der Waals surface area (Å²) in [6, 6.07) is 59.8. The van der Waals surface area contributed by atoms with Gasteiger partial charge in [-0.15, -0.1) is 11.3 Å². The Morgan fingerprint density at radius 3 is 1.18 bits per heavy atom. The zero-order valence-electron chi connectivity index (χ0n) is 59.1. The van der Waals surface area contributed by atoms with E-state index in [0.717, 1.165) is 39.1 Å². The highest BCUT2D eigenvalue weighted by molar-refractivity contribution is 7.80. The fraction of sp³-hybridized carbons (Fsp3) is 0.266. The van der Waals surface area contributed by atoms with Gasteiger partial charge in [0.1, 0.15) is 28.1 Å². The maximum atomic E-state index is 12.3. The molecule has 9 rings (SSSR count). The van der Waals surface area contributed by atoms with Crippen LogP contribution in [0.2, 0.25) is 0 Å². The Morgan fingerprint density at radius 2 is 0.813 bits per heavy atom. The smallest absolute Gasteiger partial charge is 0.358 e. The minimum atomic E-state index is -1.15. The Bertz CT molecular complexity index is 4070. The Labute approximate surface area is 628 Å². The first kappa shape index (κ1) is 88.1. The summed E-state index contributed by atoms with van der Waals surface area (Å²) in [5.41, 5.74) is 39.8. The zero-order chi connectivity index (χ0) is 78.8. The summed E-state index contributed by atoms with van der Waals surface area (Å²) in [6.45, 7) is 0.191. The summed E-state index contributed by atoms with van der Waals surface area (Å²) in [7, 11) is 3.13. The van der Waals surface area contributed by atoms with Crippen LogP contribution in [0, 0.1) is 11.8 Å². The number of benzene rings is 7. The number of Topliss-reactive ketones (excluding diaryl/α,β-unsaturated/α-hetero) is 3. The fourth-order valence-corrected chi connectivity index (χ4v) is 11.0. The maximum Gasteiger partial charge on any atom is 0.358 e. The largest absolute Gasteiger partial charge is 0.497 e. The number of nitrogens with two attached hydrogens (primary N) is 6. The molecule has 26 nitrogen and oxygen atoms in total. The number of carbonyl (C=O) groups excluding carboxylic acids is 3. The van der Waals surface area contributed by atoms with Crippen molar-refractivity contribution in [2.75, 3.05) is 20.8 Å². The second-order valence-corrected chi connectivity index (χ2v) is 25.3. The van der Waals surface area contributed by atoms with Gasteiger partial charge < -0.3 is 78.9 Å². The van der Waals surface area contributed by atoms with Gasteiger partial charge in [-0.2, -0.15) is 0 Å². The second kappa shape index (κ2) is 47.9. The molecule has 0 saturated carbocycles. The van der Waals surface area contributed by atoms with Gasteiger partial charge in [0.2, 0.25) is 5.89 Å². The van der Waals surface area contributed by atoms with Crippen LogP contribution in [0.1, 0.15) is 98.2 Å². The fourth-order valence-electron chi connectivity index (χ4n) is 9.89. The monoisotopic (exact) mass is 1500 g/mol. The number of ketones is 3. The van der Waals surface area contributed by atoms with Gasteiger partial charge in [0, 0.05) is 48.7 Å². The number of methoxy groups -OCH3 is 2. The van der Waals surface area contributed by atoms with Crippen molar-refractivity contribution in [3.8, 4) is 33.3 Å². The van der Waals surface area contributed by atoms with E-state index < -0.39 is 59.7 Å². The lowest BCUT2D eigenvalue weighted by molar-refractivity contribution is -0.144. The number of carboxylic acid groups (broad SMARTS) is 6. The zero-order valence-corrected chi connectivity index (χ0v) is 60.7.